The summed E-state index contributed by atoms with van der Waals surface area (Å²) in [5.74, 6) is 0. The Morgan fingerprint density at radius 3 is 1.42 bits per heavy atom. The van der Waals surface area contributed by atoms with E-state index in [0.29, 0.717) is 0 Å². The molecule has 2 aromatic rings. The van der Waals surface area contributed by atoms with E-state index in [4.69, 9.17) is 8.37 Å². The molecule has 1 fully saturated rings. The van der Waals surface area contributed by atoms with Crippen molar-refractivity contribution >= 4 is 20.2 Å². The topological polar surface area (TPSA) is 107 Å². The molecule has 3 rings (SSSR count). The third-order valence-electron chi connectivity index (χ3n) is 5.52. The third kappa shape index (κ3) is 5.57. The highest BCUT2D eigenvalue weighted by Crippen LogP contribution is 2.56. The van der Waals surface area contributed by atoms with Crippen LogP contribution in [0.25, 0.3) is 0 Å². The summed E-state index contributed by atoms with van der Waals surface area (Å²) in [7, 11) is -8.68. The highest BCUT2D eigenvalue weighted by molar-refractivity contribution is 7.87. The number of aliphatic hydroxyl groups is 1. The van der Waals surface area contributed by atoms with E-state index in [1.54, 1.807) is 13.8 Å². The smallest absolute Gasteiger partial charge is 0.380 e. The summed E-state index contributed by atoms with van der Waals surface area (Å²) >= 11 is 0. The van der Waals surface area contributed by atoms with Gasteiger partial charge in [0.25, 0.3) is 20.2 Å². The molecule has 0 spiro atoms. The molecule has 0 unspecified atom stereocenters. The van der Waals surface area contributed by atoms with Crippen LogP contribution in [0.2, 0.25) is 0 Å². The third-order valence-corrected chi connectivity index (χ3v) is 8.08. The van der Waals surface area contributed by atoms with Gasteiger partial charge in [-0.1, -0.05) is 35.4 Å². The summed E-state index contributed by atoms with van der Waals surface area (Å²) in [5.41, 5.74) is -3.22. The van der Waals surface area contributed by atoms with E-state index in [1.165, 1.54) is 48.5 Å². The Hall–Kier alpha value is -1.99. The molecule has 7 nitrogen and oxygen atoms in total. The van der Waals surface area contributed by atoms with Gasteiger partial charge in [-0.3, -0.25) is 8.37 Å². The second kappa shape index (κ2) is 8.66. The Morgan fingerprint density at radius 1 is 0.788 bits per heavy atom. The molecule has 0 saturated heterocycles. The van der Waals surface area contributed by atoms with Gasteiger partial charge in [0.05, 0.1) is 23.0 Å². The van der Waals surface area contributed by atoms with Gasteiger partial charge in [-0.15, -0.1) is 0 Å². The average molecular weight is 509 g/mol. The van der Waals surface area contributed by atoms with Crippen molar-refractivity contribution in [3.8, 4) is 0 Å². The van der Waals surface area contributed by atoms with E-state index < -0.39 is 63.5 Å². The van der Waals surface area contributed by atoms with E-state index in [-0.39, 0.29) is 9.79 Å². The Kier molecular flexibility index (Phi) is 6.72. The van der Waals surface area contributed by atoms with Crippen LogP contribution >= 0.6 is 0 Å². The standard InChI is InChI=1S/C21H23F3O7S2/c1-15-3-7-17(8-4-15)32(26,27)30-13-19(11-20(25,12-19)21(22,23)24)14-31-33(28,29)18-9-5-16(2)6-10-18/h3-10,25H,11-14H2,1-2H3. The second-order valence-electron chi connectivity index (χ2n) is 8.44. The molecule has 0 heterocycles. The fourth-order valence-electron chi connectivity index (χ4n) is 3.59. The number of aryl methyl sites for hydroxylation is 2. The van der Waals surface area contributed by atoms with E-state index >= 15 is 0 Å². The largest absolute Gasteiger partial charge is 0.417 e. The molecule has 0 amide bonds. The zero-order valence-corrected chi connectivity index (χ0v) is 19.4. The van der Waals surface area contributed by atoms with Crippen molar-refractivity contribution in [3.05, 3.63) is 59.7 Å². The molecule has 0 radical (unpaired) electrons. The summed E-state index contributed by atoms with van der Waals surface area (Å²) in [6, 6.07) is 11.2. The predicted molar refractivity (Wildman–Crippen MR) is 111 cm³/mol. The van der Waals surface area contributed by atoms with E-state index in [1.807, 2.05) is 0 Å². The summed E-state index contributed by atoms with van der Waals surface area (Å²) < 4.78 is 99.5. The van der Waals surface area contributed by atoms with Crippen molar-refractivity contribution in [1.29, 1.82) is 0 Å². The second-order valence-corrected chi connectivity index (χ2v) is 11.7. The molecule has 182 valence electrons. The maximum absolute atomic E-state index is 13.2. The van der Waals surface area contributed by atoms with Crippen LogP contribution in [-0.4, -0.2) is 46.9 Å². The highest BCUT2D eigenvalue weighted by atomic mass is 32.2. The molecule has 0 bridgehead atoms. The molecule has 1 aliphatic carbocycles. The minimum absolute atomic E-state index is 0.207. The van der Waals surface area contributed by atoms with Gasteiger partial charge >= 0.3 is 6.18 Å². The maximum atomic E-state index is 13.2. The van der Waals surface area contributed by atoms with Crippen molar-refractivity contribution in [2.75, 3.05) is 13.2 Å². The molecule has 0 aliphatic heterocycles. The van der Waals surface area contributed by atoms with Crippen molar-refractivity contribution in [2.45, 2.75) is 48.3 Å². The van der Waals surface area contributed by atoms with Gasteiger partial charge < -0.3 is 5.11 Å². The van der Waals surface area contributed by atoms with Gasteiger partial charge in [-0.25, -0.2) is 0 Å². The minimum Gasteiger partial charge on any atom is -0.380 e. The molecule has 12 heteroatoms. The van der Waals surface area contributed by atoms with Crippen LogP contribution in [0.5, 0.6) is 0 Å². The lowest BCUT2D eigenvalue weighted by molar-refractivity contribution is -0.321. The van der Waals surface area contributed by atoms with Crippen LogP contribution in [0.3, 0.4) is 0 Å². The number of alkyl halides is 3. The van der Waals surface area contributed by atoms with Gasteiger partial charge in [0.1, 0.15) is 0 Å². The lowest BCUT2D eigenvalue weighted by Gasteiger charge is -2.52. The van der Waals surface area contributed by atoms with Gasteiger partial charge in [0, 0.05) is 5.41 Å². The summed E-state index contributed by atoms with van der Waals surface area (Å²) in [6.45, 7) is 1.88. The van der Waals surface area contributed by atoms with Crippen LogP contribution in [0.4, 0.5) is 13.2 Å². The normalized spacial score (nSPS) is 18.0. The Bertz CT molecular complexity index is 1120. The summed E-state index contributed by atoms with van der Waals surface area (Å²) in [5, 5.41) is 9.90. The Morgan fingerprint density at radius 2 is 1.12 bits per heavy atom. The van der Waals surface area contributed by atoms with E-state index in [2.05, 4.69) is 0 Å². The zero-order valence-electron chi connectivity index (χ0n) is 17.8. The summed E-state index contributed by atoms with van der Waals surface area (Å²) in [4.78, 5) is -0.413. The fraction of sp³-hybridized carbons (Fsp3) is 0.429. The van der Waals surface area contributed by atoms with Gasteiger partial charge in [-0.2, -0.15) is 30.0 Å². The molecule has 1 N–H and O–H groups in total. The van der Waals surface area contributed by atoms with Gasteiger partial charge in [0.2, 0.25) is 0 Å². The van der Waals surface area contributed by atoms with E-state index in [9.17, 15) is 35.1 Å². The molecule has 0 aromatic heterocycles. The number of hydrogen-bond donors (Lipinski definition) is 1. The fourth-order valence-corrected chi connectivity index (χ4v) is 5.61. The quantitative estimate of drug-likeness (QED) is 0.544. The van der Waals surface area contributed by atoms with Crippen molar-refractivity contribution in [1.82, 2.24) is 0 Å². The van der Waals surface area contributed by atoms with E-state index in [0.717, 1.165) is 11.1 Å². The Balaban J connectivity index is 1.79. The van der Waals surface area contributed by atoms with Crippen LogP contribution in [-0.2, 0) is 28.6 Å². The molecule has 2 aromatic carbocycles. The first-order valence-corrected chi connectivity index (χ1v) is 12.6. The first kappa shape index (κ1) is 25.6. The SMILES string of the molecule is Cc1ccc(S(=O)(=O)OCC2(COS(=O)(=O)c3ccc(C)cc3)CC(O)(C(F)(F)F)C2)cc1. The van der Waals surface area contributed by atoms with Crippen LogP contribution in [0.1, 0.15) is 24.0 Å². The number of benzene rings is 2. The van der Waals surface area contributed by atoms with Crippen molar-refractivity contribution < 1.29 is 43.5 Å². The maximum Gasteiger partial charge on any atom is 0.417 e. The molecule has 1 saturated carbocycles. The van der Waals surface area contributed by atoms with Crippen molar-refractivity contribution in [3.63, 3.8) is 0 Å². The van der Waals surface area contributed by atoms with Crippen LogP contribution < -0.4 is 0 Å². The number of hydrogen-bond acceptors (Lipinski definition) is 7. The number of halogens is 3. The first-order valence-electron chi connectivity index (χ1n) is 9.79. The van der Waals surface area contributed by atoms with Crippen molar-refractivity contribution in [2.24, 2.45) is 5.41 Å². The Labute approximate surface area is 190 Å². The molecule has 0 atom stereocenters. The first-order chi connectivity index (χ1) is 15.1. The molecule has 1 aliphatic rings. The van der Waals surface area contributed by atoms with Gasteiger partial charge in [0.15, 0.2) is 5.60 Å². The number of rotatable bonds is 8. The zero-order chi connectivity index (χ0) is 24.7. The highest BCUT2D eigenvalue weighted by Gasteiger charge is 2.67. The summed E-state index contributed by atoms with van der Waals surface area (Å²) in [6.07, 6.45) is -6.94. The lowest BCUT2D eigenvalue weighted by Crippen LogP contribution is -2.63. The van der Waals surface area contributed by atoms with Gasteiger partial charge in [-0.05, 0) is 51.0 Å². The lowest BCUT2D eigenvalue weighted by atomic mass is 9.59. The predicted octanol–water partition coefficient (Wildman–Crippen LogP) is 3.49. The van der Waals surface area contributed by atoms with Crippen LogP contribution in [0, 0.1) is 19.3 Å². The molecular weight excluding hydrogens is 485 g/mol. The molecule has 33 heavy (non-hydrogen) atoms. The van der Waals surface area contributed by atoms with Crippen LogP contribution in [0.15, 0.2) is 58.3 Å². The average Bonchev–Trinajstić information content (AvgIpc) is 2.69. The monoisotopic (exact) mass is 508 g/mol. The minimum atomic E-state index is -4.98. The molecular formula is C21H23F3O7S2.